The van der Waals surface area contributed by atoms with Crippen LogP contribution in [0.5, 0.6) is 0 Å². The zero-order chi connectivity index (χ0) is 20.7. The molecule has 2 aromatic heterocycles. The Kier molecular flexibility index (Phi) is 5.41. The summed E-state index contributed by atoms with van der Waals surface area (Å²) in [5, 5.41) is 11.9. The van der Waals surface area contributed by atoms with E-state index in [2.05, 4.69) is 56.0 Å². The highest BCUT2D eigenvalue weighted by molar-refractivity contribution is 7.11. The summed E-state index contributed by atoms with van der Waals surface area (Å²) in [4.78, 5) is 20.8. The highest BCUT2D eigenvalue weighted by Gasteiger charge is 2.46. The standard InChI is InChI=1S/C22H32N6OS/c1-16-8-9-18(30-16)12-27-11-10-22(14-27)15-28-19(13-26(22)2)24-25-20(28)21(29)23-17-6-4-3-5-7-17/h8-9,17H,3-7,10-15H2,1-2H3,(H,23,29). The number of nitrogens with one attached hydrogen (secondary N) is 1. The molecule has 0 radical (unpaired) electrons. The van der Waals surface area contributed by atoms with Gasteiger partial charge in [0, 0.05) is 42.0 Å². The van der Waals surface area contributed by atoms with Gasteiger partial charge in [-0.05, 0) is 45.4 Å². The van der Waals surface area contributed by atoms with Crippen molar-refractivity contribution in [1.29, 1.82) is 0 Å². The Morgan fingerprint density at radius 2 is 2.07 bits per heavy atom. The van der Waals surface area contributed by atoms with Crippen molar-refractivity contribution < 1.29 is 4.79 Å². The Morgan fingerprint density at radius 1 is 1.23 bits per heavy atom. The van der Waals surface area contributed by atoms with Gasteiger partial charge in [0.25, 0.3) is 5.91 Å². The maximum atomic E-state index is 13.0. The van der Waals surface area contributed by atoms with E-state index in [1.165, 1.54) is 29.0 Å². The van der Waals surface area contributed by atoms with E-state index in [0.29, 0.717) is 5.82 Å². The number of aromatic nitrogens is 3. The molecule has 1 amide bonds. The van der Waals surface area contributed by atoms with Crippen molar-refractivity contribution in [3.05, 3.63) is 33.5 Å². The first-order valence-electron chi connectivity index (χ1n) is 11.2. The maximum Gasteiger partial charge on any atom is 0.289 e. The summed E-state index contributed by atoms with van der Waals surface area (Å²) < 4.78 is 2.09. The largest absolute Gasteiger partial charge is 0.347 e. The maximum absolute atomic E-state index is 13.0. The van der Waals surface area contributed by atoms with E-state index in [9.17, 15) is 4.79 Å². The predicted octanol–water partition coefficient (Wildman–Crippen LogP) is 2.80. The normalized spacial score (nSPS) is 25.7. The van der Waals surface area contributed by atoms with Gasteiger partial charge in [-0.25, -0.2) is 0 Å². The van der Waals surface area contributed by atoms with Gasteiger partial charge >= 0.3 is 0 Å². The molecule has 8 heteroatoms. The summed E-state index contributed by atoms with van der Waals surface area (Å²) in [7, 11) is 2.19. The Bertz CT molecular complexity index is 917. The lowest BCUT2D eigenvalue weighted by Crippen LogP contribution is -2.55. The van der Waals surface area contributed by atoms with Crippen molar-refractivity contribution >= 4 is 17.2 Å². The Morgan fingerprint density at radius 3 is 2.83 bits per heavy atom. The molecule has 1 atom stereocenters. The molecule has 30 heavy (non-hydrogen) atoms. The number of hydrogen-bond acceptors (Lipinski definition) is 6. The molecular formula is C22H32N6OS. The fourth-order valence-corrected chi connectivity index (χ4v) is 6.32. The van der Waals surface area contributed by atoms with E-state index in [1.54, 1.807) is 0 Å². The second-order valence-electron chi connectivity index (χ2n) is 9.39. The minimum atomic E-state index is -0.0516. The SMILES string of the molecule is Cc1ccc(CN2CCC3(C2)Cn2c(nnc2C(=O)NC2CCCCC2)CN3C)s1. The third-order valence-corrected chi connectivity index (χ3v) is 8.18. The van der Waals surface area contributed by atoms with Crippen molar-refractivity contribution in [2.75, 3.05) is 20.1 Å². The minimum absolute atomic E-state index is 0.0432. The second-order valence-corrected chi connectivity index (χ2v) is 10.8. The number of rotatable bonds is 4. The average molecular weight is 429 g/mol. The summed E-state index contributed by atoms with van der Waals surface area (Å²) in [5.41, 5.74) is 0.0432. The summed E-state index contributed by atoms with van der Waals surface area (Å²) in [5.74, 6) is 1.35. The number of carbonyl (C=O) groups excluding carboxylic acids is 1. The van der Waals surface area contributed by atoms with Crippen LogP contribution in [-0.2, 0) is 19.6 Å². The number of likely N-dealkylation sites (N-methyl/N-ethyl adjacent to an activating group) is 1. The molecule has 1 saturated heterocycles. The van der Waals surface area contributed by atoms with Gasteiger partial charge in [-0.3, -0.25) is 14.6 Å². The molecule has 2 aromatic rings. The molecule has 2 fully saturated rings. The average Bonchev–Trinajstić information content (AvgIpc) is 3.43. The van der Waals surface area contributed by atoms with Gasteiger partial charge < -0.3 is 9.88 Å². The molecule has 162 valence electrons. The number of amides is 1. The highest BCUT2D eigenvalue weighted by atomic mass is 32.1. The number of likely N-dealkylation sites (tertiary alicyclic amines) is 1. The van der Waals surface area contributed by atoms with Crippen LogP contribution < -0.4 is 5.32 Å². The molecule has 3 aliphatic rings. The van der Waals surface area contributed by atoms with E-state index >= 15 is 0 Å². The molecule has 5 rings (SSSR count). The van der Waals surface area contributed by atoms with Crippen LogP contribution in [0.1, 0.15) is 64.7 Å². The zero-order valence-electron chi connectivity index (χ0n) is 18.1. The van der Waals surface area contributed by atoms with Crippen molar-refractivity contribution in [2.45, 2.75) is 76.7 Å². The molecular weight excluding hydrogens is 396 g/mol. The minimum Gasteiger partial charge on any atom is -0.347 e. The monoisotopic (exact) mass is 428 g/mol. The summed E-state index contributed by atoms with van der Waals surface area (Å²) in [6.07, 6.45) is 6.96. The zero-order valence-corrected chi connectivity index (χ0v) is 18.9. The highest BCUT2D eigenvalue weighted by Crippen LogP contribution is 2.35. The molecule has 4 heterocycles. The fraction of sp³-hybridized carbons (Fsp3) is 0.682. The Labute approximate surface area is 182 Å². The lowest BCUT2D eigenvalue weighted by Gasteiger charge is -2.42. The van der Waals surface area contributed by atoms with Gasteiger partial charge in [0.05, 0.1) is 12.1 Å². The Balaban J connectivity index is 1.30. The molecule has 7 nitrogen and oxygen atoms in total. The van der Waals surface area contributed by atoms with Crippen LogP contribution in [0, 0.1) is 6.92 Å². The van der Waals surface area contributed by atoms with Gasteiger partial charge in [-0.2, -0.15) is 0 Å². The van der Waals surface area contributed by atoms with Crippen LogP contribution in [0.25, 0.3) is 0 Å². The summed E-state index contributed by atoms with van der Waals surface area (Å²) in [6, 6.07) is 4.75. The Hall–Kier alpha value is -1.77. The molecule has 1 saturated carbocycles. The topological polar surface area (TPSA) is 66.3 Å². The number of fused-ring (bicyclic) bond motifs is 1. The van der Waals surface area contributed by atoms with E-state index in [-0.39, 0.29) is 17.5 Å². The van der Waals surface area contributed by atoms with Crippen LogP contribution in [0.2, 0.25) is 0 Å². The third kappa shape index (κ3) is 3.81. The molecule has 1 aliphatic carbocycles. The number of thiophene rings is 1. The van der Waals surface area contributed by atoms with Gasteiger partial charge in [0.15, 0.2) is 0 Å². The van der Waals surface area contributed by atoms with Crippen LogP contribution in [-0.4, -0.2) is 62.2 Å². The van der Waals surface area contributed by atoms with Crippen molar-refractivity contribution in [3.8, 4) is 0 Å². The number of hydrogen-bond donors (Lipinski definition) is 1. The van der Waals surface area contributed by atoms with Crippen LogP contribution in [0.3, 0.4) is 0 Å². The first-order valence-corrected chi connectivity index (χ1v) is 12.1. The first-order chi connectivity index (χ1) is 14.5. The first kappa shape index (κ1) is 20.2. The van der Waals surface area contributed by atoms with E-state index in [1.807, 2.05) is 11.3 Å². The van der Waals surface area contributed by atoms with Gasteiger partial charge in [-0.1, -0.05) is 19.3 Å². The molecule has 1 N–H and O–H groups in total. The summed E-state index contributed by atoms with van der Waals surface area (Å²) in [6.45, 7) is 6.82. The van der Waals surface area contributed by atoms with Gasteiger partial charge in [0.2, 0.25) is 5.82 Å². The molecule has 1 spiro atoms. The molecule has 0 bridgehead atoms. The second kappa shape index (κ2) is 8.05. The number of nitrogens with zero attached hydrogens (tertiary/aromatic N) is 5. The molecule has 0 aromatic carbocycles. The van der Waals surface area contributed by atoms with Gasteiger partial charge in [0.1, 0.15) is 5.82 Å². The fourth-order valence-electron chi connectivity index (χ4n) is 5.38. The third-order valence-electron chi connectivity index (χ3n) is 7.20. The lowest BCUT2D eigenvalue weighted by atomic mass is 9.94. The molecule has 1 unspecified atom stereocenters. The van der Waals surface area contributed by atoms with Crippen LogP contribution >= 0.6 is 11.3 Å². The summed E-state index contributed by atoms with van der Waals surface area (Å²) >= 11 is 1.89. The van der Waals surface area contributed by atoms with Crippen molar-refractivity contribution in [2.24, 2.45) is 0 Å². The quantitative estimate of drug-likeness (QED) is 0.811. The van der Waals surface area contributed by atoms with Gasteiger partial charge in [-0.15, -0.1) is 21.5 Å². The number of carbonyl (C=O) groups is 1. The van der Waals surface area contributed by atoms with Crippen molar-refractivity contribution in [1.82, 2.24) is 29.9 Å². The predicted molar refractivity (Wildman–Crippen MR) is 118 cm³/mol. The van der Waals surface area contributed by atoms with E-state index in [0.717, 1.165) is 57.8 Å². The smallest absolute Gasteiger partial charge is 0.289 e. The van der Waals surface area contributed by atoms with Crippen molar-refractivity contribution in [3.63, 3.8) is 0 Å². The van der Waals surface area contributed by atoms with E-state index in [4.69, 9.17) is 0 Å². The van der Waals surface area contributed by atoms with Crippen LogP contribution in [0.4, 0.5) is 0 Å². The lowest BCUT2D eigenvalue weighted by molar-refractivity contribution is 0.0647. The van der Waals surface area contributed by atoms with E-state index < -0.39 is 0 Å². The number of aryl methyl sites for hydroxylation is 1. The van der Waals surface area contributed by atoms with Crippen LogP contribution in [0.15, 0.2) is 12.1 Å². The molecule has 2 aliphatic heterocycles.